The van der Waals surface area contributed by atoms with Gasteiger partial charge < -0.3 is 5.11 Å². The Morgan fingerprint density at radius 1 is 0.810 bits per heavy atom. The van der Waals surface area contributed by atoms with Crippen LogP contribution in [0.5, 0.6) is 0 Å². The van der Waals surface area contributed by atoms with Crippen molar-refractivity contribution in [3.05, 3.63) is 0 Å². The molecule has 126 valence electrons. The highest BCUT2D eigenvalue weighted by atomic mass is 19.1. The van der Waals surface area contributed by atoms with Gasteiger partial charge in [0, 0.05) is 6.42 Å². The van der Waals surface area contributed by atoms with Crippen LogP contribution >= 0.6 is 0 Å². The highest BCUT2D eigenvalue weighted by Crippen LogP contribution is 2.16. The molecular weight excluding hydrogens is 267 g/mol. The molecule has 0 saturated heterocycles. The molecule has 0 spiro atoms. The topological polar surface area (TPSA) is 37.3 Å². The third-order valence-electron chi connectivity index (χ3n) is 4.03. The summed E-state index contributed by atoms with van der Waals surface area (Å²) in [5.41, 5.74) is 0. The lowest BCUT2D eigenvalue weighted by Gasteiger charge is -2.08. The van der Waals surface area contributed by atoms with Gasteiger partial charge in [0.15, 0.2) is 0 Å². The van der Waals surface area contributed by atoms with Crippen LogP contribution in [0.4, 0.5) is 4.39 Å². The van der Waals surface area contributed by atoms with E-state index in [0.717, 1.165) is 32.1 Å². The molecule has 0 rings (SSSR count). The van der Waals surface area contributed by atoms with Gasteiger partial charge in [0.25, 0.3) is 0 Å². The summed E-state index contributed by atoms with van der Waals surface area (Å²) in [6.45, 7) is 2.23. The van der Waals surface area contributed by atoms with Crippen LogP contribution in [0.3, 0.4) is 0 Å². The fraction of sp³-hybridized carbons (Fsp3) is 0.944. The van der Waals surface area contributed by atoms with Gasteiger partial charge in [-0.2, -0.15) is 0 Å². The van der Waals surface area contributed by atoms with Gasteiger partial charge in [0.2, 0.25) is 0 Å². The molecule has 0 aromatic rings. The number of carbonyl (C=O) groups is 1. The highest BCUT2D eigenvalue weighted by Gasteiger charge is 2.06. The Morgan fingerprint density at radius 2 is 1.24 bits per heavy atom. The first-order chi connectivity index (χ1) is 10.2. The first-order valence-electron chi connectivity index (χ1n) is 9.02. The number of hydrogen-bond donors (Lipinski definition) is 1. The standard InChI is InChI=1S/C18H35FO2/c1-2-3-4-5-6-7-8-11-14-17(19)15-12-9-10-13-16-18(20)21/h17H,2-16H2,1H3,(H,20,21). The molecule has 3 heteroatoms. The second kappa shape index (κ2) is 15.8. The van der Waals surface area contributed by atoms with Gasteiger partial charge in [-0.3, -0.25) is 4.79 Å². The van der Waals surface area contributed by atoms with E-state index in [1.165, 1.54) is 44.9 Å². The highest BCUT2D eigenvalue weighted by molar-refractivity contribution is 5.66. The third-order valence-corrected chi connectivity index (χ3v) is 4.03. The van der Waals surface area contributed by atoms with Crippen molar-refractivity contribution in [2.24, 2.45) is 0 Å². The molecule has 1 N–H and O–H groups in total. The molecule has 0 heterocycles. The largest absolute Gasteiger partial charge is 0.481 e. The van der Waals surface area contributed by atoms with Gasteiger partial charge in [-0.1, -0.05) is 77.6 Å². The average Bonchev–Trinajstić information content (AvgIpc) is 2.45. The molecule has 0 aliphatic carbocycles. The number of carboxylic acids is 1. The molecule has 1 unspecified atom stereocenters. The minimum Gasteiger partial charge on any atom is -0.481 e. The van der Waals surface area contributed by atoms with Gasteiger partial charge in [-0.15, -0.1) is 0 Å². The summed E-state index contributed by atoms with van der Waals surface area (Å²) in [4.78, 5) is 10.3. The quantitative estimate of drug-likeness (QED) is 0.341. The normalized spacial score (nSPS) is 12.5. The molecule has 1 atom stereocenters. The molecule has 0 aliphatic rings. The first kappa shape index (κ1) is 20.4. The van der Waals surface area contributed by atoms with E-state index in [-0.39, 0.29) is 6.42 Å². The van der Waals surface area contributed by atoms with Crippen LogP contribution in [0.25, 0.3) is 0 Å². The summed E-state index contributed by atoms with van der Waals surface area (Å²) in [6, 6.07) is 0. The van der Waals surface area contributed by atoms with Crippen LogP contribution in [-0.2, 0) is 4.79 Å². The lowest BCUT2D eigenvalue weighted by Crippen LogP contribution is -2.00. The Labute approximate surface area is 130 Å². The van der Waals surface area contributed by atoms with E-state index >= 15 is 0 Å². The Hall–Kier alpha value is -0.600. The zero-order valence-corrected chi connectivity index (χ0v) is 13.9. The van der Waals surface area contributed by atoms with E-state index in [1.54, 1.807) is 0 Å². The third kappa shape index (κ3) is 17.3. The Kier molecular flexibility index (Phi) is 15.3. The zero-order chi connectivity index (χ0) is 15.8. The summed E-state index contributed by atoms with van der Waals surface area (Å²) >= 11 is 0. The molecule has 0 bridgehead atoms. The second-order valence-electron chi connectivity index (χ2n) is 6.21. The minimum absolute atomic E-state index is 0.247. The Morgan fingerprint density at radius 3 is 1.71 bits per heavy atom. The van der Waals surface area contributed by atoms with E-state index in [4.69, 9.17) is 5.11 Å². The number of rotatable bonds is 16. The predicted octanol–water partition coefficient (Wildman–Crippen LogP) is 6.28. The second-order valence-corrected chi connectivity index (χ2v) is 6.21. The number of alkyl halides is 1. The van der Waals surface area contributed by atoms with Gasteiger partial charge >= 0.3 is 5.97 Å². The summed E-state index contributed by atoms with van der Waals surface area (Å²) < 4.78 is 13.6. The number of aliphatic carboxylic acids is 1. The van der Waals surface area contributed by atoms with Crippen LogP contribution in [0.15, 0.2) is 0 Å². The first-order valence-corrected chi connectivity index (χ1v) is 9.02. The summed E-state index contributed by atoms with van der Waals surface area (Å²) in [7, 11) is 0. The fourth-order valence-electron chi connectivity index (χ4n) is 2.64. The van der Waals surface area contributed by atoms with E-state index in [0.29, 0.717) is 12.8 Å². The average molecular weight is 302 g/mol. The summed E-state index contributed by atoms with van der Waals surface area (Å²) in [6.07, 6.45) is 14.6. The van der Waals surface area contributed by atoms with Crippen molar-refractivity contribution in [1.82, 2.24) is 0 Å². The van der Waals surface area contributed by atoms with Crippen LogP contribution in [0.2, 0.25) is 0 Å². The summed E-state index contributed by atoms with van der Waals surface area (Å²) in [5.74, 6) is -0.729. The molecule has 0 radical (unpaired) electrons. The van der Waals surface area contributed by atoms with E-state index in [2.05, 4.69) is 6.92 Å². The van der Waals surface area contributed by atoms with Crippen molar-refractivity contribution in [1.29, 1.82) is 0 Å². The zero-order valence-electron chi connectivity index (χ0n) is 13.9. The fourth-order valence-corrected chi connectivity index (χ4v) is 2.64. The van der Waals surface area contributed by atoms with Crippen molar-refractivity contribution in [2.45, 2.75) is 109 Å². The molecule has 0 aromatic heterocycles. The van der Waals surface area contributed by atoms with E-state index in [9.17, 15) is 9.18 Å². The number of unbranched alkanes of at least 4 members (excludes halogenated alkanes) is 10. The maximum Gasteiger partial charge on any atom is 0.303 e. The van der Waals surface area contributed by atoms with Crippen molar-refractivity contribution in [3.63, 3.8) is 0 Å². The molecule has 0 aliphatic heterocycles. The van der Waals surface area contributed by atoms with Crippen LogP contribution in [0, 0.1) is 0 Å². The molecule has 2 nitrogen and oxygen atoms in total. The Balaban J connectivity index is 3.16. The number of halogens is 1. The van der Waals surface area contributed by atoms with Crippen molar-refractivity contribution >= 4 is 5.97 Å². The van der Waals surface area contributed by atoms with Crippen LogP contribution in [0.1, 0.15) is 103 Å². The van der Waals surface area contributed by atoms with Crippen molar-refractivity contribution < 1.29 is 14.3 Å². The molecule has 0 aromatic carbocycles. The SMILES string of the molecule is CCCCCCCCCCC(F)CCCCCCC(=O)O. The maximum absolute atomic E-state index is 13.6. The molecule has 0 amide bonds. The number of hydrogen-bond acceptors (Lipinski definition) is 1. The monoisotopic (exact) mass is 302 g/mol. The molecular formula is C18H35FO2. The van der Waals surface area contributed by atoms with E-state index in [1.807, 2.05) is 0 Å². The predicted molar refractivity (Wildman–Crippen MR) is 87.5 cm³/mol. The van der Waals surface area contributed by atoms with Gasteiger partial charge in [0.05, 0.1) is 0 Å². The van der Waals surface area contributed by atoms with Gasteiger partial charge in [0.1, 0.15) is 6.17 Å². The summed E-state index contributed by atoms with van der Waals surface area (Å²) in [5, 5.41) is 8.50. The molecule has 0 fully saturated rings. The van der Waals surface area contributed by atoms with E-state index < -0.39 is 12.1 Å². The smallest absolute Gasteiger partial charge is 0.303 e. The number of carboxylic acid groups (broad SMARTS) is 1. The lowest BCUT2D eigenvalue weighted by atomic mass is 10.0. The molecule has 21 heavy (non-hydrogen) atoms. The van der Waals surface area contributed by atoms with Gasteiger partial charge in [-0.25, -0.2) is 4.39 Å². The van der Waals surface area contributed by atoms with Crippen LogP contribution in [-0.4, -0.2) is 17.2 Å². The van der Waals surface area contributed by atoms with Crippen LogP contribution < -0.4 is 0 Å². The van der Waals surface area contributed by atoms with Gasteiger partial charge in [-0.05, 0) is 19.3 Å². The Bertz CT molecular complexity index is 231. The lowest BCUT2D eigenvalue weighted by molar-refractivity contribution is -0.137. The maximum atomic E-state index is 13.6. The van der Waals surface area contributed by atoms with Crippen molar-refractivity contribution in [2.75, 3.05) is 0 Å². The molecule has 0 saturated carbocycles. The van der Waals surface area contributed by atoms with Crippen molar-refractivity contribution in [3.8, 4) is 0 Å². The minimum atomic E-state index is -0.729.